The van der Waals surface area contributed by atoms with Crippen LogP contribution in [0.2, 0.25) is 0 Å². The van der Waals surface area contributed by atoms with Crippen molar-refractivity contribution >= 4 is 29.5 Å². The minimum Gasteiger partial charge on any atom is -0.444 e. The summed E-state index contributed by atoms with van der Waals surface area (Å²) in [7, 11) is 0. The topological polar surface area (TPSA) is 99.3 Å². The average Bonchev–Trinajstić information content (AvgIpc) is 3.14. The van der Waals surface area contributed by atoms with Gasteiger partial charge in [-0.1, -0.05) is 12.1 Å². The molecule has 3 heterocycles. The molecule has 1 N–H and O–H groups in total. The molecule has 3 aliphatic heterocycles. The van der Waals surface area contributed by atoms with Crippen molar-refractivity contribution in [3.05, 3.63) is 29.8 Å². The number of hydrogen-bond acceptors (Lipinski definition) is 5. The van der Waals surface area contributed by atoms with E-state index in [1.807, 2.05) is 50.8 Å². The van der Waals surface area contributed by atoms with Gasteiger partial charge in [-0.15, -0.1) is 0 Å². The quantitative estimate of drug-likeness (QED) is 0.647. The molecule has 9 heteroatoms. The van der Waals surface area contributed by atoms with Crippen LogP contribution in [0.3, 0.4) is 0 Å². The van der Waals surface area contributed by atoms with Crippen LogP contribution in [0.25, 0.3) is 0 Å². The van der Waals surface area contributed by atoms with Crippen molar-refractivity contribution in [1.29, 1.82) is 0 Å². The van der Waals surface area contributed by atoms with Gasteiger partial charge >= 0.3 is 6.09 Å². The molecule has 2 saturated heterocycles. The van der Waals surface area contributed by atoms with Crippen LogP contribution in [0.4, 0.5) is 10.5 Å². The lowest BCUT2D eigenvalue weighted by Crippen LogP contribution is -2.62. The molecule has 4 amide bonds. The second-order valence-corrected chi connectivity index (χ2v) is 11.3. The zero-order valence-electron chi connectivity index (χ0n) is 21.8. The molecular weight excluding hydrogens is 460 g/mol. The van der Waals surface area contributed by atoms with Gasteiger partial charge in [-0.3, -0.25) is 19.3 Å². The Morgan fingerprint density at radius 3 is 2.69 bits per heavy atom. The molecule has 1 aromatic carbocycles. The second-order valence-electron chi connectivity index (χ2n) is 11.3. The highest BCUT2D eigenvalue weighted by Crippen LogP contribution is 2.44. The number of benzene rings is 1. The maximum Gasteiger partial charge on any atom is 0.407 e. The average molecular weight is 499 g/mol. The van der Waals surface area contributed by atoms with Gasteiger partial charge in [0.2, 0.25) is 11.8 Å². The largest absolute Gasteiger partial charge is 0.444 e. The third-order valence-corrected chi connectivity index (χ3v) is 7.32. The van der Waals surface area contributed by atoms with Gasteiger partial charge in [0.25, 0.3) is 5.91 Å². The molecule has 0 spiro atoms. The Hall–Kier alpha value is -3.10. The summed E-state index contributed by atoms with van der Waals surface area (Å²) >= 11 is 0. The summed E-state index contributed by atoms with van der Waals surface area (Å²) in [6, 6.07) is 7.26. The summed E-state index contributed by atoms with van der Waals surface area (Å²) in [5, 5.41) is 2.82. The van der Waals surface area contributed by atoms with Crippen LogP contribution >= 0.6 is 0 Å². The maximum absolute atomic E-state index is 13.4. The minimum atomic E-state index is -0.699. The van der Waals surface area contributed by atoms with Crippen LogP contribution in [-0.4, -0.2) is 71.1 Å². The molecule has 0 aliphatic carbocycles. The van der Waals surface area contributed by atoms with Gasteiger partial charge in [0.1, 0.15) is 11.3 Å². The van der Waals surface area contributed by atoms with Crippen LogP contribution < -0.4 is 10.2 Å². The smallest absolute Gasteiger partial charge is 0.407 e. The predicted molar refractivity (Wildman–Crippen MR) is 135 cm³/mol. The molecule has 36 heavy (non-hydrogen) atoms. The first-order chi connectivity index (χ1) is 17.0. The molecule has 0 aromatic heterocycles. The van der Waals surface area contributed by atoms with Crippen LogP contribution in [0, 0.1) is 5.92 Å². The fourth-order valence-corrected chi connectivity index (χ4v) is 5.59. The number of likely N-dealkylation sites (tertiary alicyclic amines) is 1. The molecule has 0 unspecified atom stereocenters. The van der Waals surface area contributed by atoms with Crippen LogP contribution in [0.1, 0.15) is 76.6 Å². The molecule has 1 aromatic rings. The monoisotopic (exact) mass is 498 g/mol. The number of fused-ring (bicyclic) bond motifs is 3. The van der Waals surface area contributed by atoms with E-state index < -0.39 is 17.4 Å². The molecule has 4 rings (SSSR count). The van der Waals surface area contributed by atoms with Crippen molar-refractivity contribution in [1.82, 2.24) is 15.1 Å². The number of rotatable bonds is 6. The SMILES string of the molecule is CC(C)(C)OC(=O)NC[C@@H]1CCCN(C(=O)CCCN2C(=O)c3ccccc3N3C(=O)CC[C@]23C)C1. The number of amides is 4. The number of carbonyl (C=O) groups excluding carboxylic acids is 4. The summed E-state index contributed by atoms with van der Waals surface area (Å²) in [5.41, 5.74) is -0.0297. The number of para-hydroxylation sites is 1. The van der Waals surface area contributed by atoms with Crippen molar-refractivity contribution in [2.45, 2.75) is 77.5 Å². The Bertz CT molecular complexity index is 1040. The molecule has 0 bridgehead atoms. The molecule has 9 nitrogen and oxygen atoms in total. The zero-order chi connectivity index (χ0) is 26.1. The fraction of sp³-hybridized carbons (Fsp3) is 0.630. The van der Waals surface area contributed by atoms with Gasteiger partial charge in [0.15, 0.2) is 0 Å². The summed E-state index contributed by atoms with van der Waals surface area (Å²) in [6.07, 6.45) is 3.25. The number of hydrogen-bond donors (Lipinski definition) is 1. The summed E-state index contributed by atoms with van der Waals surface area (Å²) in [6.45, 7) is 9.62. The first-order valence-corrected chi connectivity index (χ1v) is 13.0. The number of nitrogens with zero attached hydrogens (tertiary/aromatic N) is 3. The number of piperidine rings is 1. The lowest BCUT2D eigenvalue weighted by molar-refractivity contribution is -0.133. The number of nitrogens with one attached hydrogen (secondary N) is 1. The third-order valence-electron chi connectivity index (χ3n) is 7.32. The van der Waals surface area contributed by atoms with Gasteiger partial charge in [-0.2, -0.15) is 0 Å². The molecule has 0 radical (unpaired) electrons. The highest BCUT2D eigenvalue weighted by Gasteiger charge is 2.52. The minimum absolute atomic E-state index is 0.0258. The highest BCUT2D eigenvalue weighted by molar-refractivity contribution is 6.10. The van der Waals surface area contributed by atoms with E-state index in [4.69, 9.17) is 4.74 Å². The molecule has 2 fully saturated rings. The van der Waals surface area contributed by atoms with Crippen molar-refractivity contribution in [2.24, 2.45) is 5.92 Å². The Morgan fingerprint density at radius 1 is 1.19 bits per heavy atom. The predicted octanol–water partition coefficient (Wildman–Crippen LogP) is 3.53. The van der Waals surface area contributed by atoms with Crippen molar-refractivity contribution in [3.63, 3.8) is 0 Å². The van der Waals surface area contributed by atoms with E-state index in [1.54, 1.807) is 15.9 Å². The number of anilines is 1. The van der Waals surface area contributed by atoms with E-state index in [-0.39, 0.29) is 23.6 Å². The molecule has 0 saturated carbocycles. The zero-order valence-corrected chi connectivity index (χ0v) is 21.8. The van der Waals surface area contributed by atoms with Crippen LogP contribution in [-0.2, 0) is 14.3 Å². The van der Waals surface area contributed by atoms with Crippen LogP contribution in [0.5, 0.6) is 0 Å². The van der Waals surface area contributed by atoms with E-state index in [0.717, 1.165) is 12.8 Å². The van der Waals surface area contributed by atoms with E-state index in [0.29, 0.717) is 63.1 Å². The summed E-state index contributed by atoms with van der Waals surface area (Å²) < 4.78 is 5.30. The van der Waals surface area contributed by atoms with Crippen molar-refractivity contribution in [3.8, 4) is 0 Å². The van der Waals surface area contributed by atoms with E-state index in [9.17, 15) is 19.2 Å². The van der Waals surface area contributed by atoms with E-state index in [2.05, 4.69) is 5.32 Å². The Kier molecular flexibility index (Phi) is 7.29. The summed E-state index contributed by atoms with van der Waals surface area (Å²) in [5.74, 6) is 0.189. The standard InChI is InChI=1S/C27H38N4O5/c1-26(2,3)36-25(35)28-17-19-9-7-15-29(18-19)22(32)12-8-16-30-24(34)20-10-5-6-11-21(20)31-23(33)13-14-27(30,31)4/h5-6,10-11,19H,7-9,12-18H2,1-4H3,(H,28,35)/t19-,27+/m0/s1. The lowest BCUT2D eigenvalue weighted by atomic mass is 9.97. The van der Waals surface area contributed by atoms with Crippen molar-refractivity contribution < 1.29 is 23.9 Å². The maximum atomic E-state index is 13.4. The number of alkyl carbamates (subject to hydrolysis) is 1. The normalized spacial score (nSPS) is 23.9. The molecule has 3 aliphatic rings. The van der Waals surface area contributed by atoms with Gasteiger partial charge < -0.3 is 19.9 Å². The molecule has 2 atom stereocenters. The first kappa shape index (κ1) is 26.0. The Balaban J connectivity index is 1.31. The number of ether oxygens (including phenoxy) is 1. The fourth-order valence-electron chi connectivity index (χ4n) is 5.59. The highest BCUT2D eigenvalue weighted by atomic mass is 16.6. The van der Waals surface area contributed by atoms with Crippen LogP contribution in [0.15, 0.2) is 24.3 Å². The van der Waals surface area contributed by atoms with Gasteiger partial charge in [0.05, 0.1) is 11.3 Å². The van der Waals surface area contributed by atoms with Crippen molar-refractivity contribution in [2.75, 3.05) is 31.1 Å². The Labute approximate surface area is 213 Å². The van der Waals surface area contributed by atoms with E-state index in [1.165, 1.54) is 0 Å². The molecular formula is C27H38N4O5. The molecule has 196 valence electrons. The van der Waals surface area contributed by atoms with Gasteiger partial charge in [-0.25, -0.2) is 4.79 Å². The van der Waals surface area contributed by atoms with Gasteiger partial charge in [-0.05, 0) is 71.4 Å². The van der Waals surface area contributed by atoms with E-state index >= 15 is 0 Å². The summed E-state index contributed by atoms with van der Waals surface area (Å²) in [4.78, 5) is 56.4. The number of carbonyl (C=O) groups is 4. The Morgan fingerprint density at radius 2 is 1.94 bits per heavy atom. The second kappa shape index (κ2) is 10.1. The van der Waals surface area contributed by atoms with Gasteiger partial charge in [0, 0.05) is 39.0 Å². The lowest BCUT2D eigenvalue weighted by Gasteiger charge is -2.48. The first-order valence-electron chi connectivity index (χ1n) is 13.0. The third kappa shape index (κ3) is 5.34.